The molecular weight excluding hydrogens is 248 g/mol. The van der Waals surface area contributed by atoms with Gasteiger partial charge in [0.05, 0.1) is 0 Å². The zero-order valence-corrected chi connectivity index (χ0v) is 12.1. The molecule has 1 aliphatic heterocycles. The van der Waals surface area contributed by atoms with E-state index in [2.05, 4.69) is 29.6 Å². The van der Waals surface area contributed by atoms with Crippen LogP contribution in [-0.2, 0) is 11.3 Å². The Morgan fingerprint density at radius 3 is 2.50 bits per heavy atom. The summed E-state index contributed by atoms with van der Waals surface area (Å²) in [6.45, 7) is 2.95. The highest BCUT2D eigenvalue weighted by Crippen LogP contribution is 2.24. The van der Waals surface area contributed by atoms with Crippen molar-refractivity contribution < 1.29 is 4.79 Å². The lowest BCUT2D eigenvalue weighted by molar-refractivity contribution is -0.117. The van der Waals surface area contributed by atoms with E-state index < -0.39 is 0 Å². The molecule has 1 heterocycles. The highest BCUT2D eigenvalue weighted by molar-refractivity contribution is 5.95. The molecule has 1 saturated heterocycles. The summed E-state index contributed by atoms with van der Waals surface area (Å²) < 4.78 is 0. The van der Waals surface area contributed by atoms with E-state index in [1.807, 2.05) is 4.90 Å². The molecule has 0 bridgehead atoms. The Morgan fingerprint density at radius 1 is 1.10 bits per heavy atom. The third kappa shape index (κ3) is 3.21. The third-order valence-corrected chi connectivity index (χ3v) is 4.56. The monoisotopic (exact) mass is 272 g/mol. The number of hydrogen-bond acceptors (Lipinski definition) is 2. The molecule has 0 unspecified atom stereocenters. The molecule has 1 aromatic rings. The number of rotatable bonds is 5. The summed E-state index contributed by atoms with van der Waals surface area (Å²) >= 11 is 0. The van der Waals surface area contributed by atoms with Crippen molar-refractivity contribution in [3.63, 3.8) is 0 Å². The van der Waals surface area contributed by atoms with Gasteiger partial charge in [-0.2, -0.15) is 0 Å². The van der Waals surface area contributed by atoms with Crippen molar-refractivity contribution in [3.8, 4) is 0 Å². The number of carbonyl (C=O) groups excluding carboxylic acids is 1. The van der Waals surface area contributed by atoms with Crippen LogP contribution in [0, 0.1) is 5.92 Å². The molecule has 1 aliphatic carbocycles. The number of carbonyl (C=O) groups is 1. The average molecular weight is 272 g/mol. The topological polar surface area (TPSA) is 32.3 Å². The van der Waals surface area contributed by atoms with Crippen molar-refractivity contribution >= 4 is 11.6 Å². The lowest BCUT2D eigenvalue weighted by Gasteiger charge is -2.16. The predicted molar refractivity (Wildman–Crippen MR) is 81.7 cm³/mol. The van der Waals surface area contributed by atoms with Gasteiger partial charge < -0.3 is 10.2 Å². The second kappa shape index (κ2) is 6.40. The van der Waals surface area contributed by atoms with E-state index in [0.717, 1.165) is 37.7 Å². The maximum Gasteiger partial charge on any atom is 0.227 e. The van der Waals surface area contributed by atoms with E-state index in [9.17, 15) is 4.79 Å². The van der Waals surface area contributed by atoms with Gasteiger partial charge in [-0.1, -0.05) is 25.0 Å². The van der Waals surface area contributed by atoms with Gasteiger partial charge in [0.2, 0.25) is 5.91 Å². The molecule has 0 atom stereocenters. The molecule has 2 fully saturated rings. The van der Waals surface area contributed by atoms with Crippen LogP contribution in [0.2, 0.25) is 0 Å². The average Bonchev–Trinajstić information content (AvgIpc) is 3.11. The molecule has 3 rings (SSSR count). The number of nitrogens with one attached hydrogen (secondary N) is 1. The fraction of sp³-hybridized carbons (Fsp3) is 0.588. The van der Waals surface area contributed by atoms with Crippen LogP contribution in [0.15, 0.2) is 24.3 Å². The van der Waals surface area contributed by atoms with E-state index in [1.165, 1.54) is 31.2 Å². The first-order valence-electron chi connectivity index (χ1n) is 7.93. The van der Waals surface area contributed by atoms with E-state index in [-0.39, 0.29) is 5.91 Å². The maximum atomic E-state index is 11.7. The molecule has 1 aromatic carbocycles. The first-order chi connectivity index (χ1) is 9.83. The van der Waals surface area contributed by atoms with Crippen LogP contribution in [0.1, 0.15) is 44.1 Å². The lowest BCUT2D eigenvalue weighted by atomic mass is 10.1. The Hall–Kier alpha value is -1.35. The normalized spacial score (nSPS) is 20.0. The Morgan fingerprint density at radius 2 is 1.85 bits per heavy atom. The minimum absolute atomic E-state index is 0.261. The summed E-state index contributed by atoms with van der Waals surface area (Å²) in [7, 11) is 0. The molecule has 108 valence electrons. The van der Waals surface area contributed by atoms with Crippen LogP contribution in [0.4, 0.5) is 5.69 Å². The van der Waals surface area contributed by atoms with E-state index >= 15 is 0 Å². The molecular formula is C17H24N2O. The lowest BCUT2D eigenvalue weighted by Crippen LogP contribution is -2.23. The Bertz CT molecular complexity index is 449. The van der Waals surface area contributed by atoms with Crippen molar-refractivity contribution in [2.24, 2.45) is 5.92 Å². The molecule has 1 N–H and O–H groups in total. The van der Waals surface area contributed by atoms with Crippen molar-refractivity contribution in [1.82, 2.24) is 5.32 Å². The molecule has 0 aromatic heterocycles. The second-order valence-electron chi connectivity index (χ2n) is 6.10. The highest BCUT2D eigenvalue weighted by atomic mass is 16.2. The first kappa shape index (κ1) is 13.6. The van der Waals surface area contributed by atoms with Gasteiger partial charge in [0, 0.05) is 25.2 Å². The predicted octanol–water partition coefficient (Wildman–Crippen LogP) is 3.09. The number of nitrogens with zero attached hydrogens (tertiary/aromatic N) is 1. The summed E-state index contributed by atoms with van der Waals surface area (Å²) in [6.07, 6.45) is 7.29. The number of amides is 1. The van der Waals surface area contributed by atoms with Gasteiger partial charge in [-0.15, -0.1) is 0 Å². The molecule has 0 radical (unpaired) electrons. The SMILES string of the molecule is O=C1CCCN1c1ccc(CNCC2CCCC2)cc1. The van der Waals surface area contributed by atoms with Gasteiger partial charge in [-0.05, 0) is 49.4 Å². The van der Waals surface area contributed by atoms with E-state index in [4.69, 9.17) is 0 Å². The standard InChI is InChI=1S/C17H24N2O/c20-17-6-3-11-19(17)16-9-7-15(8-10-16)13-18-12-14-4-1-2-5-14/h7-10,14,18H,1-6,11-13H2. The summed E-state index contributed by atoms with van der Waals surface area (Å²) in [5, 5.41) is 3.56. The zero-order chi connectivity index (χ0) is 13.8. The molecule has 1 saturated carbocycles. The van der Waals surface area contributed by atoms with Crippen LogP contribution in [0.3, 0.4) is 0 Å². The van der Waals surface area contributed by atoms with Gasteiger partial charge >= 0.3 is 0 Å². The second-order valence-corrected chi connectivity index (χ2v) is 6.10. The van der Waals surface area contributed by atoms with Gasteiger partial charge in [-0.25, -0.2) is 0 Å². The smallest absolute Gasteiger partial charge is 0.227 e. The van der Waals surface area contributed by atoms with Crippen LogP contribution in [-0.4, -0.2) is 19.0 Å². The van der Waals surface area contributed by atoms with Gasteiger partial charge in [0.1, 0.15) is 0 Å². The van der Waals surface area contributed by atoms with E-state index in [0.29, 0.717) is 6.42 Å². The minimum Gasteiger partial charge on any atom is -0.312 e. The van der Waals surface area contributed by atoms with Crippen LogP contribution < -0.4 is 10.2 Å². The molecule has 20 heavy (non-hydrogen) atoms. The van der Waals surface area contributed by atoms with Crippen LogP contribution in [0.25, 0.3) is 0 Å². The van der Waals surface area contributed by atoms with Crippen LogP contribution >= 0.6 is 0 Å². The fourth-order valence-corrected chi connectivity index (χ4v) is 3.35. The van der Waals surface area contributed by atoms with Crippen molar-refractivity contribution in [2.75, 3.05) is 18.0 Å². The molecule has 3 heteroatoms. The molecule has 3 nitrogen and oxygen atoms in total. The fourth-order valence-electron chi connectivity index (χ4n) is 3.35. The first-order valence-corrected chi connectivity index (χ1v) is 7.93. The number of anilines is 1. The largest absolute Gasteiger partial charge is 0.312 e. The summed E-state index contributed by atoms with van der Waals surface area (Å²) in [5.41, 5.74) is 2.35. The number of benzene rings is 1. The minimum atomic E-state index is 0.261. The molecule has 1 amide bonds. The maximum absolute atomic E-state index is 11.7. The zero-order valence-electron chi connectivity index (χ0n) is 12.1. The van der Waals surface area contributed by atoms with Crippen molar-refractivity contribution in [3.05, 3.63) is 29.8 Å². The molecule has 0 spiro atoms. The van der Waals surface area contributed by atoms with Gasteiger partial charge in [0.25, 0.3) is 0 Å². The van der Waals surface area contributed by atoms with Gasteiger partial charge in [0.15, 0.2) is 0 Å². The molecule has 2 aliphatic rings. The third-order valence-electron chi connectivity index (χ3n) is 4.56. The quantitative estimate of drug-likeness (QED) is 0.893. The van der Waals surface area contributed by atoms with Crippen LogP contribution in [0.5, 0.6) is 0 Å². The number of hydrogen-bond donors (Lipinski definition) is 1. The Balaban J connectivity index is 1.49. The van der Waals surface area contributed by atoms with E-state index in [1.54, 1.807) is 0 Å². The Labute approximate surface area is 121 Å². The van der Waals surface area contributed by atoms with Gasteiger partial charge in [-0.3, -0.25) is 4.79 Å². The highest BCUT2D eigenvalue weighted by Gasteiger charge is 2.21. The summed E-state index contributed by atoms with van der Waals surface area (Å²) in [5.74, 6) is 1.15. The van der Waals surface area contributed by atoms with Crippen molar-refractivity contribution in [1.29, 1.82) is 0 Å². The summed E-state index contributed by atoms with van der Waals surface area (Å²) in [6, 6.07) is 8.44. The summed E-state index contributed by atoms with van der Waals surface area (Å²) in [4.78, 5) is 13.6. The van der Waals surface area contributed by atoms with Crippen molar-refractivity contribution in [2.45, 2.75) is 45.1 Å². The Kier molecular flexibility index (Phi) is 4.36.